The van der Waals surface area contributed by atoms with Crippen LogP contribution in [0.2, 0.25) is 0 Å². The molecule has 1 aliphatic rings. The molecular weight excluding hydrogens is 182 g/mol. The predicted octanol–water partition coefficient (Wildman–Crippen LogP) is -0.329. The molecule has 1 aliphatic carbocycles. The third-order valence-electron chi connectivity index (χ3n) is 2.61. The van der Waals surface area contributed by atoms with Crippen molar-refractivity contribution in [3.63, 3.8) is 0 Å². The van der Waals surface area contributed by atoms with Gasteiger partial charge in [0.15, 0.2) is 0 Å². The summed E-state index contributed by atoms with van der Waals surface area (Å²) in [5.74, 6) is 4.06. The summed E-state index contributed by atoms with van der Waals surface area (Å²) in [7, 11) is 0. The zero-order valence-corrected chi connectivity index (χ0v) is 8.38. The van der Waals surface area contributed by atoms with Crippen molar-refractivity contribution in [1.82, 2.24) is 10.7 Å². The second-order valence-corrected chi connectivity index (χ2v) is 3.92. The van der Waals surface area contributed by atoms with E-state index in [-0.39, 0.29) is 6.04 Å². The lowest BCUT2D eigenvalue weighted by Crippen LogP contribution is -2.47. The fourth-order valence-electron chi connectivity index (χ4n) is 1.88. The number of hydrogen-bond donors (Lipinski definition) is 3. The molecule has 1 rings (SSSR count). The number of carbonyl (C=O) groups excluding carboxylic acids is 2. The average molecular weight is 199 g/mol. The first-order valence-corrected chi connectivity index (χ1v) is 4.95. The molecular formula is C9H17N3O2. The molecule has 2 amide bonds. The Bertz CT molecular complexity index is 230. The topological polar surface area (TPSA) is 84.2 Å². The Hall–Kier alpha value is -1.10. The van der Waals surface area contributed by atoms with Crippen LogP contribution in [0.5, 0.6) is 0 Å². The largest absolute Gasteiger partial charge is 0.345 e. The lowest BCUT2D eigenvalue weighted by atomic mass is 9.87. The van der Waals surface area contributed by atoms with Gasteiger partial charge in [0.2, 0.25) is 0 Å². The molecule has 80 valence electrons. The van der Waals surface area contributed by atoms with Gasteiger partial charge >= 0.3 is 11.8 Å². The molecule has 1 fully saturated rings. The Morgan fingerprint density at radius 1 is 1.29 bits per heavy atom. The third kappa shape index (κ3) is 2.99. The highest BCUT2D eigenvalue weighted by atomic mass is 16.2. The molecule has 0 aromatic heterocycles. The van der Waals surface area contributed by atoms with Crippen molar-refractivity contribution in [1.29, 1.82) is 0 Å². The molecule has 1 saturated carbocycles. The van der Waals surface area contributed by atoms with Crippen LogP contribution in [-0.4, -0.2) is 17.9 Å². The van der Waals surface area contributed by atoms with E-state index in [2.05, 4.69) is 12.2 Å². The summed E-state index contributed by atoms with van der Waals surface area (Å²) >= 11 is 0. The minimum absolute atomic E-state index is 0.128. The molecule has 0 radical (unpaired) electrons. The van der Waals surface area contributed by atoms with Crippen LogP contribution in [0, 0.1) is 5.92 Å². The summed E-state index contributed by atoms with van der Waals surface area (Å²) in [5, 5.41) is 2.67. The Labute approximate surface area is 83.4 Å². The standard InChI is InChI=1S/C9H17N3O2/c1-6-3-2-4-7(5-6)11-8(13)9(14)12-10/h6-7H,2-5,10H2,1H3,(H,11,13)(H,12,14). The van der Waals surface area contributed by atoms with Gasteiger partial charge in [-0.15, -0.1) is 0 Å². The molecule has 0 aliphatic heterocycles. The molecule has 5 nitrogen and oxygen atoms in total. The van der Waals surface area contributed by atoms with Gasteiger partial charge in [-0.1, -0.05) is 19.8 Å². The Kier molecular flexibility index (Phi) is 3.88. The summed E-state index contributed by atoms with van der Waals surface area (Å²) in [5.41, 5.74) is 1.81. The predicted molar refractivity (Wildman–Crippen MR) is 51.9 cm³/mol. The molecule has 2 atom stereocenters. The van der Waals surface area contributed by atoms with Gasteiger partial charge in [0, 0.05) is 6.04 Å². The SMILES string of the molecule is CC1CCCC(NC(=O)C(=O)NN)C1. The first-order valence-electron chi connectivity index (χ1n) is 4.95. The van der Waals surface area contributed by atoms with E-state index < -0.39 is 11.8 Å². The maximum Gasteiger partial charge on any atom is 0.323 e. The van der Waals surface area contributed by atoms with E-state index in [1.54, 1.807) is 0 Å². The first-order chi connectivity index (χ1) is 6.63. The highest BCUT2D eigenvalue weighted by Crippen LogP contribution is 2.23. The van der Waals surface area contributed by atoms with Crippen molar-refractivity contribution < 1.29 is 9.59 Å². The molecule has 5 heteroatoms. The first kappa shape index (κ1) is 11.0. The number of carbonyl (C=O) groups is 2. The Morgan fingerprint density at radius 2 is 2.00 bits per heavy atom. The Balaban J connectivity index is 2.36. The van der Waals surface area contributed by atoms with Crippen molar-refractivity contribution in [2.75, 3.05) is 0 Å². The molecule has 0 aromatic carbocycles. The normalized spacial score (nSPS) is 26.7. The van der Waals surface area contributed by atoms with Gasteiger partial charge in [-0.25, -0.2) is 5.84 Å². The highest BCUT2D eigenvalue weighted by molar-refractivity contribution is 6.34. The highest BCUT2D eigenvalue weighted by Gasteiger charge is 2.22. The van der Waals surface area contributed by atoms with Crippen molar-refractivity contribution in [3.05, 3.63) is 0 Å². The summed E-state index contributed by atoms with van der Waals surface area (Å²) < 4.78 is 0. The minimum Gasteiger partial charge on any atom is -0.345 e. The van der Waals surface area contributed by atoms with Crippen LogP contribution >= 0.6 is 0 Å². The van der Waals surface area contributed by atoms with Crippen LogP contribution in [0.15, 0.2) is 0 Å². The van der Waals surface area contributed by atoms with Crippen LogP contribution < -0.4 is 16.6 Å². The number of nitrogens with one attached hydrogen (secondary N) is 2. The fourth-order valence-corrected chi connectivity index (χ4v) is 1.88. The summed E-state index contributed by atoms with van der Waals surface area (Å²) in [6.45, 7) is 2.15. The molecule has 0 saturated heterocycles. The number of amides is 2. The molecule has 14 heavy (non-hydrogen) atoms. The van der Waals surface area contributed by atoms with E-state index in [1.165, 1.54) is 6.42 Å². The molecule has 4 N–H and O–H groups in total. The van der Waals surface area contributed by atoms with E-state index in [9.17, 15) is 9.59 Å². The smallest absolute Gasteiger partial charge is 0.323 e. The van der Waals surface area contributed by atoms with Crippen LogP contribution in [0.25, 0.3) is 0 Å². The molecule has 2 unspecified atom stereocenters. The number of rotatable bonds is 1. The Morgan fingerprint density at radius 3 is 2.57 bits per heavy atom. The molecule has 0 bridgehead atoms. The van der Waals surface area contributed by atoms with Gasteiger partial charge < -0.3 is 5.32 Å². The number of hydrazine groups is 1. The van der Waals surface area contributed by atoms with Crippen LogP contribution in [0.4, 0.5) is 0 Å². The lowest BCUT2D eigenvalue weighted by molar-refractivity contribution is -0.139. The molecule has 0 spiro atoms. The number of hydrogen-bond acceptors (Lipinski definition) is 3. The van der Waals surface area contributed by atoms with E-state index in [0.29, 0.717) is 5.92 Å². The van der Waals surface area contributed by atoms with Gasteiger partial charge in [0.05, 0.1) is 0 Å². The summed E-state index contributed by atoms with van der Waals surface area (Å²) in [6.07, 6.45) is 4.21. The zero-order valence-electron chi connectivity index (χ0n) is 8.38. The van der Waals surface area contributed by atoms with E-state index in [1.807, 2.05) is 5.43 Å². The van der Waals surface area contributed by atoms with E-state index >= 15 is 0 Å². The number of nitrogens with two attached hydrogens (primary N) is 1. The van der Waals surface area contributed by atoms with E-state index in [4.69, 9.17) is 5.84 Å². The van der Waals surface area contributed by atoms with Gasteiger partial charge in [-0.3, -0.25) is 15.0 Å². The monoisotopic (exact) mass is 199 g/mol. The maximum atomic E-state index is 11.1. The molecule has 0 heterocycles. The van der Waals surface area contributed by atoms with Crippen molar-refractivity contribution in [2.45, 2.75) is 38.6 Å². The van der Waals surface area contributed by atoms with Crippen LogP contribution in [0.3, 0.4) is 0 Å². The summed E-state index contributed by atoms with van der Waals surface area (Å²) in [6, 6.07) is 0.128. The lowest BCUT2D eigenvalue weighted by Gasteiger charge is -2.26. The van der Waals surface area contributed by atoms with Crippen LogP contribution in [0.1, 0.15) is 32.6 Å². The maximum absolute atomic E-state index is 11.1. The summed E-state index contributed by atoms with van der Waals surface area (Å²) in [4.78, 5) is 22.0. The second kappa shape index (κ2) is 4.95. The van der Waals surface area contributed by atoms with Gasteiger partial charge in [0.1, 0.15) is 0 Å². The second-order valence-electron chi connectivity index (χ2n) is 3.92. The quantitative estimate of drug-likeness (QED) is 0.234. The van der Waals surface area contributed by atoms with Crippen molar-refractivity contribution in [2.24, 2.45) is 11.8 Å². The van der Waals surface area contributed by atoms with E-state index in [0.717, 1.165) is 19.3 Å². The molecule has 0 aromatic rings. The third-order valence-corrected chi connectivity index (χ3v) is 2.61. The zero-order chi connectivity index (χ0) is 10.6. The van der Waals surface area contributed by atoms with Gasteiger partial charge in [-0.05, 0) is 18.8 Å². The van der Waals surface area contributed by atoms with Crippen molar-refractivity contribution >= 4 is 11.8 Å². The van der Waals surface area contributed by atoms with Gasteiger partial charge in [0.25, 0.3) is 0 Å². The van der Waals surface area contributed by atoms with Crippen molar-refractivity contribution in [3.8, 4) is 0 Å². The fraction of sp³-hybridized carbons (Fsp3) is 0.778. The average Bonchev–Trinajstić information content (AvgIpc) is 2.16. The van der Waals surface area contributed by atoms with Crippen LogP contribution in [-0.2, 0) is 9.59 Å². The van der Waals surface area contributed by atoms with Gasteiger partial charge in [-0.2, -0.15) is 0 Å². The minimum atomic E-state index is -0.775.